The van der Waals surface area contributed by atoms with Gasteiger partial charge in [-0.15, -0.1) is 0 Å². The molecule has 1 aliphatic rings. The number of nitriles is 1. The Morgan fingerprint density at radius 1 is 1.37 bits per heavy atom. The number of carbonyl (C=O) groups is 2. The van der Waals surface area contributed by atoms with Crippen molar-refractivity contribution in [2.45, 2.75) is 18.9 Å². The zero-order chi connectivity index (χ0) is 14.0. The van der Waals surface area contributed by atoms with E-state index in [1.807, 2.05) is 13.0 Å². The third kappa shape index (κ3) is 2.04. The normalized spacial score (nSPS) is 22.3. The molecule has 0 aliphatic carbocycles. The number of nitrogens with zero attached hydrogens (tertiary/aromatic N) is 2. The van der Waals surface area contributed by atoms with Crippen molar-refractivity contribution < 1.29 is 9.59 Å². The van der Waals surface area contributed by atoms with E-state index >= 15 is 0 Å². The third-order valence-corrected chi connectivity index (χ3v) is 3.52. The van der Waals surface area contributed by atoms with E-state index in [9.17, 15) is 9.59 Å². The van der Waals surface area contributed by atoms with Crippen LogP contribution in [0.15, 0.2) is 24.3 Å². The summed E-state index contributed by atoms with van der Waals surface area (Å²) >= 11 is 5.82. The summed E-state index contributed by atoms with van der Waals surface area (Å²) in [6.45, 7) is 1.56. The largest absolute Gasteiger partial charge is 0.326 e. The highest BCUT2D eigenvalue weighted by Gasteiger charge is 2.51. The van der Waals surface area contributed by atoms with Gasteiger partial charge in [-0.1, -0.05) is 30.7 Å². The number of nitrogens with one attached hydrogen (secondary N) is 1. The monoisotopic (exact) mass is 277 g/mol. The molecule has 3 amide bonds. The van der Waals surface area contributed by atoms with Crippen molar-refractivity contribution in [2.24, 2.45) is 0 Å². The van der Waals surface area contributed by atoms with Gasteiger partial charge in [-0.05, 0) is 24.1 Å². The number of imide groups is 1. The van der Waals surface area contributed by atoms with Gasteiger partial charge in [0.15, 0.2) is 0 Å². The van der Waals surface area contributed by atoms with Gasteiger partial charge in [0, 0.05) is 5.02 Å². The Morgan fingerprint density at radius 3 is 2.53 bits per heavy atom. The molecule has 0 spiro atoms. The molecule has 1 N–H and O–H groups in total. The minimum absolute atomic E-state index is 0.250. The van der Waals surface area contributed by atoms with E-state index in [0.29, 0.717) is 17.0 Å². The molecule has 1 aromatic carbocycles. The molecule has 1 unspecified atom stereocenters. The topological polar surface area (TPSA) is 73.2 Å². The van der Waals surface area contributed by atoms with Gasteiger partial charge in [0.05, 0.1) is 6.07 Å². The molecule has 6 heteroatoms. The van der Waals surface area contributed by atoms with Gasteiger partial charge in [0.25, 0.3) is 5.91 Å². The van der Waals surface area contributed by atoms with Gasteiger partial charge in [0.1, 0.15) is 12.1 Å². The van der Waals surface area contributed by atoms with Crippen molar-refractivity contribution in [3.63, 3.8) is 0 Å². The highest BCUT2D eigenvalue weighted by Crippen LogP contribution is 2.32. The van der Waals surface area contributed by atoms with Crippen LogP contribution in [0.5, 0.6) is 0 Å². The molecule has 1 atom stereocenters. The van der Waals surface area contributed by atoms with Gasteiger partial charge in [-0.2, -0.15) is 5.26 Å². The zero-order valence-electron chi connectivity index (χ0n) is 10.3. The lowest BCUT2D eigenvalue weighted by Crippen LogP contribution is -2.43. The molecular formula is C13H12ClN3O2. The molecule has 0 bridgehead atoms. The molecule has 2 rings (SSSR count). The molecule has 0 radical (unpaired) electrons. The molecule has 98 valence electrons. The van der Waals surface area contributed by atoms with E-state index < -0.39 is 17.5 Å². The average Bonchev–Trinajstić information content (AvgIpc) is 2.65. The van der Waals surface area contributed by atoms with Gasteiger partial charge in [-0.25, -0.2) is 9.69 Å². The first kappa shape index (κ1) is 13.4. The smallest absolute Gasteiger partial charge is 0.319 e. The maximum absolute atomic E-state index is 12.4. The molecule has 1 fully saturated rings. The zero-order valence-corrected chi connectivity index (χ0v) is 11.1. The number of hydrogen-bond acceptors (Lipinski definition) is 3. The standard InChI is InChI=1S/C13H12ClN3O2/c1-2-13(9-3-5-10(14)6-4-9)11(18)17(8-7-15)12(19)16-13/h3-6H,2,8H2,1H3,(H,16,19). The molecule has 1 aromatic rings. The number of hydrogen-bond donors (Lipinski definition) is 1. The molecule has 1 saturated heterocycles. The van der Waals surface area contributed by atoms with Crippen molar-refractivity contribution in [3.05, 3.63) is 34.9 Å². The summed E-state index contributed by atoms with van der Waals surface area (Å²) < 4.78 is 0. The molecule has 19 heavy (non-hydrogen) atoms. The fourth-order valence-corrected chi connectivity index (χ4v) is 2.34. The van der Waals surface area contributed by atoms with Gasteiger partial charge in [-0.3, -0.25) is 4.79 Å². The predicted octanol–water partition coefficient (Wildman–Crippen LogP) is 2.02. The number of benzene rings is 1. The lowest BCUT2D eigenvalue weighted by Gasteiger charge is -2.25. The van der Waals surface area contributed by atoms with E-state index in [4.69, 9.17) is 16.9 Å². The van der Waals surface area contributed by atoms with Crippen LogP contribution in [0.2, 0.25) is 5.02 Å². The fourth-order valence-electron chi connectivity index (χ4n) is 2.21. The average molecular weight is 278 g/mol. The highest BCUT2D eigenvalue weighted by molar-refractivity contribution is 6.30. The maximum Gasteiger partial charge on any atom is 0.326 e. The molecule has 0 aromatic heterocycles. The van der Waals surface area contributed by atoms with Crippen LogP contribution in [0.25, 0.3) is 0 Å². The van der Waals surface area contributed by atoms with Crippen LogP contribution in [0.1, 0.15) is 18.9 Å². The maximum atomic E-state index is 12.4. The van der Waals surface area contributed by atoms with E-state index in [2.05, 4.69) is 5.32 Å². The Morgan fingerprint density at radius 2 is 2.00 bits per heavy atom. The van der Waals surface area contributed by atoms with Crippen molar-refractivity contribution >= 4 is 23.5 Å². The minimum atomic E-state index is -1.10. The number of amides is 3. The Labute approximate surface area is 115 Å². The lowest BCUT2D eigenvalue weighted by atomic mass is 9.87. The SMILES string of the molecule is CCC1(c2ccc(Cl)cc2)NC(=O)N(CC#N)C1=O. The molecule has 1 aliphatic heterocycles. The summed E-state index contributed by atoms with van der Waals surface area (Å²) in [5.41, 5.74) is -0.434. The number of urea groups is 1. The van der Waals surface area contributed by atoms with Crippen LogP contribution in [0.4, 0.5) is 4.79 Å². The van der Waals surface area contributed by atoms with Gasteiger partial charge >= 0.3 is 6.03 Å². The van der Waals surface area contributed by atoms with Gasteiger partial charge < -0.3 is 5.32 Å². The Bertz CT molecular complexity index is 564. The molecular weight excluding hydrogens is 266 g/mol. The van der Waals surface area contributed by atoms with Crippen LogP contribution in [-0.4, -0.2) is 23.4 Å². The first-order chi connectivity index (χ1) is 9.05. The van der Waals surface area contributed by atoms with Crippen LogP contribution in [0, 0.1) is 11.3 Å². The lowest BCUT2D eigenvalue weighted by molar-refractivity contribution is -0.131. The minimum Gasteiger partial charge on any atom is -0.319 e. The van der Waals surface area contributed by atoms with Crippen molar-refractivity contribution in [1.29, 1.82) is 5.26 Å². The highest BCUT2D eigenvalue weighted by atomic mass is 35.5. The van der Waals surface area contributed by atoms with E-state index in [1.165, 1.54) is 0 Å². The van der Waals surface area contributed by atoms with Crippen molar-refractivity contribution in [2.75, 3.05) is 6.54 Å². The summed E-state index contributed by atoms with van der Waals surface area (Å²) in [5, 5.41) is 11.9. The molecule has 0 saturated carbocycles. The van der Waals surface area contributed by atoms with Crippen LogP contribution < -0.4 is 5.32 Å². The fraction of sp³-hybridized carbons (Fsp3) is 0.308. The van der Waals surface area contributed by atoms with Crippen LogP contribution in [-0.2, 0) is 10.3 Å². The van der Waals surface area contributed by atoms with E-state index in [1.54, 1.807) is 24.3 Å². The third-order valence-electron chi connectivity index (χ3n) is 3.27. The second-order valence-corrected chi connectivity index (χ2v) is 4.68. The quantitative estimate of drug-likeness (QED) is 0.678. The summed E-state index contributed by atoms with van der Waals surface area (Å²) in [5.74, 6) is -0.399. The van der Waals surface area contributed by atoms with Crippen LogP contribution >= 0.6 is 11.6 Å². The Balaban J connectivity index is 2.45. The van der Waals surface area contributed by atoms with Crippen LogP contribution in [0.3, 0.4) is 0 Å². The van der Waals surface area contributed by atoms with Crippen molar-refractivity contribution in [1.82, 2.24) is 10.2 Å². The van der Waals surface area contributed by atoms with E-state index in [0.717, 1.165) is 4.90 Å². The molecule has 5 nitrogen and oxygen atoms in total. The predicted molar refractivity (Wildman–Crippen MR) is 69.3 cm³/mol. The Hall–Kier alpha value is -2.06. The van der Waals surface area contributed by atoms with Crippen molar-refractivity contribution in [3.8, 4) is 6.07 Å². The van der Waals surface area contributed by atoms with E-state index in [-0.39, 0.29) is 6.54 Å². The van der Waals surface area contributed by atoms with Gasteiger partial charge in [0.2, 0.25) is 0 Å². The first-order valence-corrected chi connectivity index (χ1v) is 6.20. The summed E-state index contributed by atoms with van der Waals surface area (Å²) in [7, 11) is 0. The molecule has 1 heterocycles. The summed E-state index contributed by atoms with van der Waals surface area (Å²) in [6.07, 6.45) is 0.404. The first-order valence-electron chi connectivity index (χ1n) is 5.82. The second kappa shape index (κ2) is 4.90. The number of carbonyl (C=O) groups excluding carboxylic acids is 2. The number of halogens is 1. The summed E-state index contributed by atoms with van der Waals surface area (Å²) in [6, 6.07) is 8.03. The number of rotatable bonds is 3. The Kier molecular flexibility index (Phi) is 3.45. The second-order valence-electron chi connectivity index (χ2n) is 4.25. The summed E-state index contributed by atoms with van der Waals surface area (Å²) in [4.78, 5) is 25.1.